The molecule has 0 fully saturated rings. The molecule has 0 saturated carbocycles. The van der Waals surface area contributed by atoms with Crippen LogP contribution in [0.1, 0.15) is 5.56 Å². The highest BCUT2D eigenvalue weighted by Gasteiger charge is 2.06. The molecule has 4 aromatic carbocycles. The third kappa shape index (κ3) is 3.22. The van der Waals surface area contributed by atoms with Crippen LogP contribution in [0.5, 0.6) is 0 Å². The summed E-state index contributed by atoms with van der Waals surface area (Å²) in [5.74, 6) is 0. The molecule has 0 radical (unpaired) electrons. The molecule has 0 atom stereocenters. The molecule has 0 spiro atoms. The molecular formula is C26H20. The van der Waals surface area contributed by atoms with Crippen LogP contribution >= 0.6 is 0 Å². The van der Waals surface area contributed by atoms with Crippen LogP contribution in [-0.4, -0.2) is 0 Å². The summed E-state index contributed by atoms with van der Waals surface area (Å²) in [4.78, 5) is 0. The van der Waals surface area contributed by atoms with Crippen molar-refractivity contribution in [2.24, 2.45) is 0 Å². The summed E-state index contributed by atoms with van der Waals surface area (Å²) in [5, 5.41) is 0. The number of rotatable bonds is 4. The molecule has 0 aliphatic carbocycles. The first-order chi connectivity index (χ1) is 12.8. The van der Waals surface area contributed by atoms with E-state index >= 15 is 0 Å². The molecule has 0 aliphatic rings. The van der Waals surface area contributed by atoms with Gasteiger partial charge < -0.3 is 0 Å². The summed E-state index contributed by atoms with van der Waals surface area (Å²) in [6.07, 6.45) is 1.94. The van der Waals surface area contributed by atoms with Crippen molar-refractivity contribution < 1.29 is 0 Å². The first-order valence-corrected chi connectivity index (χ1v) is 8.83. The minimum Gasteiger partial charge on any atom is -0.0984 e. The second kappa shape index (κ2) is 7.25. The molecule has 0 heteroatoms. The van der Waals surface area contributed by atoms with Gasteiger partial charge in [-0.3, -0.25) is 0 Å². The molecule has 0 nitrogen and oxygen atoms in total. The highest BCUT2D eigenvalue weighted by atomic mass is 14.1. The van der Waals surface area contributed by atoms with Crippen molar-refractivity contribution in [3.8, 4) is 33.4 Å². The minimum absolute atomic E-state index is 1.15. The molecular weight excluding hydrogens is 312 g/mol. The molecule has 0 aromatic heterocycles. The summed E-state index contributed by atoms with van der Waals surface area (Å²) in [6, 6.07) is 36.2. The van der Waals surface area contributed by atoms with E-state index in [1.807, 2.05) is 18.2 Å². The number of benzene rings is 4. The average Bonchev–Trinajstić information content (AvgIpc) is 2.75. The van der Waals surface area contributed by atoms with E-state index in [2.05, 4.69) is 97.6 Å². The van der Waals surface area contributed by atoms with Crippen molar-refractivity contribution in [1.29, 1.82) is 0 Å². The van der Waals surface area contributed by atoms with Crippen LogP contribution in [0.4, 0.5) is 0 Å². The van der Waals surface area contributed by atoms with E-state index in [0.29, 0.717) is 0 Å². The predicted octanol–water partition coefficient (Wildman–Crippen LogP) is 7.33. The van der Waals surface area contributed by atoms with Crippen LogP contribution in [0.15, 0.2) is 110 Å². The lowest BCUT2D eigenvalue weighted by Gasteiger charge is -2.11. The summed E-state index contributed by atoms with van der Waals surface area (Å²) < 4.78 is 0. The van der Waals surface area contributed by atoms with Gasteiger partial charge in [-0.15, -0.1) is 0 Å². The predicted molar refractivity (Wildman–Crippen MR) is 113 cm³/mol. The molecule has 0 bridgehead atoms. The molecule has 4 aromatic rings. The van der Waals surface area contributed by atoms with Crippen molar-refractivity contribution in [2.45, 2.75) is 0 Å². The average molecular weight is 332 g/mol. The maximum atomic E-state index is 4.02. The Labute approximate surface area is 155 Å². The highest BCUT2D eigenvalue weighted by Crippen LogP contribution is 2.31. The second-order valence-electron chi connectivity index (χ2n) is 6.32. The van der Waals surface area contributed by atoms with E-state index in [9.17, 15) is 0 Å². The molecule has 0 saturated heterocycles. The molecule has 4 rings (SSSR count). The Bertz CT molecular complexity index is 1010. The quantitative estimate of drug-likeness (QED) is 0.367. The van der Waals surface area contributed by atoms with E-state index < -0.39 is 0 Å². The molecule has 0 aliphatic heterocycles. The van der Waals surface area contributed by atoms with Gasteiger partial charge in [0.05, 0.1) is 0 Å². The maximum absolute atomic E-state index is 4.02. The standard InChI is InChI=1S/C26H20/c1-2-20-19-25(22-11-7-4-8-12-22)17-18-26(20)24-15-13-23(14-16-24)21-9-5-3-6-10-21/h2-19H,1H2. The zero-order valence-corrected chi connectivity index (χ0v) is 14.6. The van der Waals surface area contributed by atoms with Crippen LogP contribution < -0.4 is 0 Å². The summed E-state index contributed by atoms with van der Waals surface area (Å²) in [7, 11) is 0. The van der Waals surface area contributed by atoms with Crippen molar-refractivity contribution in [2.75, 3.05) is 0 Å². The Morgan fingerprint density at radius 3 is 1.50 bits per heavy atom. The lowest BCUT2D eigenvalue weighted by molar-refractivity contribution is 1.56. The van der Waals surface area contributed by atoms with Crippen molar-refractivity contribution >= 4 is 6.08 Å². The summed E-state index contributed by atoms with van der Waals surface area (Å²) >= 11 is 0. The number of hydrogen-bond donors (Lipinski definition) is 0. The SMILES string of the molecule is C=Cc1cc(-c2ccccc2)ccc1-c1ccc(-c2ccccc2)cc1. The van der Waals surface area contributed by atoms with Gasteiger partial charge in [0, 0.05) is 0 Å². The van der Waals surface area contributed by atoms with E-state index in [1.165, 1.54) is 33.4 Å². The monoisotopic (exact) mass is 332 g/mol. The Kier molecular flexibility index (Phi) is 4.49. The third-order valence-corrected chi connectivity index (χ3v) is 4.68. The molecule has 0 N–H and O–H groups in total. The van der Waals surface area contributed by atoms with Gasteiger partial charge in [0.2, 0.25) is 0 Å². The van der Waals surface area contributed by atoms with E-state index in [4.69, 9.17) is 0 Å². The third-order valence-electron chi connectivity index (χ3n) is 4.68. The van der Waals surface area contributed by atoms with E-state index in [-0.39, 0.29) is 0 Å². The molecule has 124 valence electrons. The Balaban J connectivity index is 1.70. The first kappa shape index (κ1) is 16.1. The van der Waals surface area contributed by atoms with Gasteiger partial charge in [0.1, 0.15) is 0 Å². The lowest BCUT2D eigenvalue weighted by atomic mass is 9.94. The van der Waals surface area contributed by atoms with Gasteiger partial charge >= 0.3 is 0 Å². The van der Waals surface area contributed by atoms with Crippen LogP contribution in [0.25, 0.3) is 39.5 Å². The molecule has 0 unspecified atom stereocenters. The fourth-order valence-electron chi connectivity index (χ4n) is 3.28. The zero-order valence-electron chi connectivity index (χ0n) is 14.6. The minimum atomic E-state index is 1.15. The Morgan fingerprint density at radius 1 is 0.462 bits per heavy atom. The summed E-state index contributed by atoms with van der Waals surface area (Å²) in [6.45, 7) is 4.02. The molecule has 0 heterocycles. The van der Waals surface area contributed by atoms with E-state index in [1.54, 1.807) is 0 Å². The van der Waals surface area contributed by atoms with Crippen molar-refractivity contribution in [3.05, 3.63) is 115 Å². The van der Waals surface area contributed by atoms with Crippen LogP contribution in [0.3, 0.4) is 0 Å². The fraction of sp³-hybridized carbons (Fsp3) is 0. The number of hydrogen-bond acceptors (Lipinski definition) is 0. The van der Waals surface area contributed by atoms with Gasteiger partial charge in [0.15, 0.2) is 0 Å². The van der Waals surface area contributed by atoms with Crippen LogP contribution in [-0.2, 0) is 0 Å². The van der Waals surface area contributed by atoms with Gasteiger partial charge in [-0.1, -0.05) is 110 Å². The lowest BCUT2D eigenvalue weighted by Crippen LogP contribution is -1.86. The Hall–Kier alpha value is -3.38. The zero-order chi connectivity index (χ0) is 17.8. The van der Waals surface area contributed by atoms with Crippen molar-refractivity contribution in [3.63, 3.8) is 0 Å². The van der Waals surface area contributed by atoms with E-state index in [0.717, 1.165) is 5.56 Å². The largest absolute Gasteiger partial charge is 0.0984 e. The maximum Gasteiger partial charge on any atom is -0.0111 e. The first-order valence-electron chi connectivity index (χ1n) is 8.83. The van der Waals surface area contributed by atoms with Gasteiger partial charge in [0.25, 0.3) is 0 Å². The van der Waals surface area contributed by atoms with Gasteiger partial charge in [-0.2, -0.15) is 0 Å². The van der Waals surface area contributed by atoms with Crippen molar-refractivity contribution in [1.82, 2.24) is 0 Å². The van der Waals surface area contributed by atoms with Gasteiger partial charge in [-0.25, -0.2) is 0 Å². The fourth-order valence-corrected chi connectivity index (χ4v) is 3.28. The smallest absolute Gasteiger partial charge is 0.0111 e. The summed E-state index contributed by atoms with van der Waals surface area (Å²) in [5.41, 5.74) is 8.47. The molecule has 26 heavy (non-hydrogen) atoms. The molecule has 0 amide bonds. The highest BCUT2D eigenvalue weighted by molar-refractivity contribution is 5.80. The normalized spacial score (nSPS) is 10.5. The van der Waals surface area contributed by atoms with Crippen LogP contribution in [0.2, 0.25) is 0 Å². The van der Waals surface area contributed by atoms with Crippen LogP contribution in [0, 0.1) is 0 Å². The Morgan fingerprint density at radius 2 is 0.923 bits per heavy atom. The topological polar surface area (TPSA) is 0 Å². The second-order valence-corrected chi connectivity index (χ2v) is 6.32. The van der Waals surface area contributed by atoms with Gasteiger partial charge in [-0.05, 0) is 45.0 Å².